The number of allylic oxidation sites excluding steroid dienone is 2. The molecule has 5 nitrogen and oxygen atoms in total. The Morgan fingerprint density at radius 3 is 2.38 bits per heavy atom. The molecule has 5 rings (SSSR count). The van der Waals surface area contributed by atoms with Crippen molar-refractivity contribution in [3.8, 4) is 5.75 Å². The first-order chi connectivity index (χ1) is 17.8. The number of aliphatic hydroxyl groups excluding tert-OH is 1. The Bertz CT molecular complexity index is 1450. The van der Waals surface area contributed by atoms with Crippen LogP contribution in [0, 0.1) is 19.3 Å². The summed E-state index contributed by atoms with van der Waals surface area (Å²) >= 11 is 6.49. The fourth-order valence-electron chi connectivity index (χ4n) is 5.19. The van der Waals surface area contributed by atoms with E-state index in [1.807, 2.05) is 80.6 Å². The van der Waals surface area contributed by atoms with Crippen molar-refractivity contribution in [3.05, 3.63) is 111 Å². The van der Waals surface area contributed by atoms with E-state index < -0.39 is 5.92 Å². The van der Waals surface area contributed by atoms with Crippen LogP contribution < -0.4 is 9.64 Å². The fraction of sp³-hybridized carbons (Fsp3) is 0.226. The van der Waals surface area contributed by atoms with Gasteiger partial charge in [0.25, 0.3) is 0 Å². The lowest BCUT2D eigenvalue weighted by molar-refractivity contribution is -0.116. The van der Waals surface area contributed by atoms with Crippen LogP contribution in [0.2, 0.25) is 5.02 Å². The van der Waals surface area contributed by atoms with Gasteiger partial charge in [0.2, 0.25) is 0 Å². The third-order valence-electron chi connectivity index (χ3n) is 7.20. The summed E-state index contributed by atoms with van der Waals surface area (Å²) in [5.41, 5.74) is 5.92. The summed E-state index contributed by atoms with van der Waals surface area (Å²) in [5.74, 6) is 0.265. The van der Waals surface area contributed by atoms with Crippen LogP contribution in [0.5, 0.6) is 5.75 Å². The number of aliphatic hydroxyl groups is 1. The number of halogens is 1. The van der Waals surface area contributed by atoms with Crippen molar-refractivity contribution < 1.29 is 14.6 Å². The average molecular weight is 513 g/mol. The Balaban J connectivity index is 1.81. The first kappa shape index (κ1) is 24.8. The third kappa shape index (κ3) is 4.44. The first-order valence-corrected chi connectivity index (χ1v) is 12.7. The lowest BCUT2D eigenvalue weighted by Crippen LogP contribution is -2.42. The Morgan fingerprint density at radius 1 is 1.03 bits per heavy atom. The second-order valence-electron chi connectivity index (χ2n) is 9.59. The Hall–Kier alpha value is -3.83. The van der Waals surface area contributed by atoms with Gasteiger partial charge in [0.15, 0.2) is 5.78 Å². The molecule has 188 valence electrons. The summed E-state index contributed by atoms with van der Waals surface area (Å²) in [4.78, 5) is 15.4. The van der Waals surface area contributed by atoms with E-state index in [9.17, 15) is 15.3 Å². The molecule has 1 atom stereocenters. The highest BCUT2D eigenvalue weighted by molar-refractivity contribution is 6.32. The Morgan fingerprint density at radius 2 is 1.73 bits per heavy atom. The van der Waals surface area contributed by atoms with Gasteiger partial charge in [-0.1, -0.05) is 59.6 Å². The number of nitrogens with zero attached hydrogens (tertiary/aromatic N) is 1. The fourth-order valence-corrected chi connectivity index (χ4v) is 5.37. The van der Waals surface area contributed by atoms with Crippen molar-refractivity contribution in [2.24, 2.45) is 0 Å². The lowest BCUT2D eigenvalue weighted by Gasteiger charge is -2.42. The number of carbonyl (C=O) groups is 1. The number of hydrogen-bond acceptors (Lipinski definition) is 4. The van der Waals surface area contributed by atoms with Gasteiger partial charge < -0.3 is 9.84 Å². The molecule has 0 radical (unpaired) electrons. The van der Waals surface area contributed by atoms with E-state index in [1.54, 1.807) is 12.0 Å². The number of ketones is 1. The predicted molar refractivity (Wildman–Crippen MR) is 149 cm³/mol. The number of nitrogens with one attached hydrogen (secondary N) is 1. The smallest absolute Gasteiger partial charge is 0.161 e. The number of benzene rings is 3. The number of methoxy groups -OCH3 is 1. The van der Waals surface area contributed by atoms with E-state index in [0.29, 0.717) is 52.4 Å². The molecular formula is C31H29ClN2O3. The zero-order valence-electron chi connectivity index (χ0n) is 21.1. The van der Waals surface area contributed by atoms with Gasteiger partial charge in [0.05, 0.1) is 7.11 Å². The molecule has 2 aliphatic rings. The molecule has 0 amide bonds. The molecule has 0 bridgehead atoms. The normalized spacial score (nSPS) is 19.1. The van der Waals surface area contributed by atoms with Gasteiger partial charge in [-0.05, 0) is 62.1 Å². The van der Waals surface area contributed by atoms with Crippen LogP contribution in [0.4, 0.5) is 5.69 Å². The number of Topliss-reactive ketones (excluding diaryl/α,β-unsaturated/α-hetero) is 1. The molecule has 6 heteroatoms. The van der Waals surface area contributed by atoms with Crippen molar-refractivity contribution in [1.82, 2.24) is 0 Å². The second kappa shape index (κ2) is 9.91. The molecule has 0 saturated carbocycles. The quantitative estimate of drug-likeness (QED) is 0.354. The monoisotopic (exact) mass is 512 g/mol. The van der Waals surface area contributed by atoms with Gasteiger partial charge in [0, 0.05) is 45.5 Å². The van der Waals surface area contributed by atoms with Crippen LogP contribution in [-0.2, 0) is 4.79 Å². The number of rotatable bonds is 4. The van der Waals surface area contributed by atoms with E-state index in [-0.39, 0.29) is 17.4 Å². The van der Waals surface area contributed by atoms with E-state index >= 15 is 0 Å². The summed E-state index contributed by atoms with van der Waals surface area (Å²) < 4.78 is 5.35. The number of ether oxygens (including phenoxy) is 1. The van der Waals surface area contributed by atoms with Crippen LogP contribution in [0.15, 0.2) is 83.6 Å². The zero-order valence-corrected chi connectivity index (χ0v) is 21.9. The molecule has 1 aliphatic heterocycles. The maximum atomic E-state index is 13.6. The number of aryl methyl sites for hydroxylation is 2. The average Bonchev–Trinajstić information content (AvgIpc) is 2.90. The van der Waals surface area contributed by atoms with Crippen molar-refractivity contribution in [3.63, 3.8) is 0 Å². The summed E-state index contributed by atoms with van der Waals surface area (Å²) in [6.07, 6.45) is 1.79. The van der Waals surface area contributed by atoms with E-state index in [0.717, 1.165) is 22.4 Å². The van der Waals surface area contributed by atoms with Crippen molar-refractivity contribution in [1.29, 1.82) is 5.41 Å². The van der Waals surface area contributed by atoms with Crippen molar-refractivity contribution in [2.75, 3.05) is 12.0 Å². The summed E-state index contributed by atoms with van der Waals surface area (Å²) in [5, 5.41) is 21.7. The largest absolute Gasteiger partial charge is 0.507 e. The van der Waals surface area contributed by atoms with E-state index in [1.165, 1.54) is 0 Å². The van der Waals surface area contributed by atoms with Crippen LogP contribution in [0.3, 0.4) is 0 Å². The number of anilines is 1. The summed E-state index contributed by atoms with van der Waals surface area (Å²) in [6, 6.07) is 20.7. The number of hydrogen-bond donors (Lipinski definition) is 2. The Kier molecular flexibility index (Phi) is 6.65. The third-order valence-corrected chi connectivity index (χ3v) is 7.60. The lowest BCUT2D eigenvalue weighted by atomic mass is 9.73. The molecule has 3 aromatic rings. The number of carbonyl (C=O) groups excluding carboxylic acids is 1. The Labute approximate surface area is 222 Å². The highest BCUT2D eigenvalue weighted by Crippen LogP contribution is 2.48. The standard InChI is InChI=1S/C31H29ClN2O3/c1-18-7-10-21(11-8-18)30(36)29-27(20-12-15-23(37-3)16-13-20)28-25(5-4-6-26(28)35)34(31(29)33)22-14-9-19(2)24(32)17-22/h7-17,27,33,36H,4-6H2,1-3H3/b30-29+,33-31?/t27-/m1/s1. The number of amidine groups is 1. The van der Waals surface area contributed by atoms with Crippen molar-refractivity contribution in [2.45, 2.75) is 39.0 Å². The molecule has 1 heterocycles. The van der Waals surface area contributed by atoms with Gasteiger partial charge in [-0.2, -0.15) is 0 Å². The van der Waals surface area contributed by atoms with Crippen LogP contribution >= 0.6 is 11.6 Å². The first-order valence-electron chi connectivity index (χ1n) is 12.4. The van der Waals surface area contributed by atoms with Crippen LogP contribution in [-0.4, -0.2) is 23.8 Å². The molecule has 0 unspecified atom stereocenters. The molecular weight excluding hydrogens is 484 g/mol. The van der Waals surface area contributed by atoms with Crippen molar-refractivity contribution >= 4 is 34.7 Å². The minimum Gasteiger partial charge on any atom is -0.507 e. The van der Waals surface area contributed by atoms with Crippen LogP contribution in [0.1, 0.15) is 47.4 Å². The molecule has 37 heavy (non-hydrogen) atoms. The summed E-state index contributed by atoms with van der Waals surface area (Å²) in [6.45, 7) is 3.91. The highest BCUT2D eigenvalue weighted by atomic mass is 35.5. The molecule has 2 N–H and O–H groups in total. The van der Waals surface area contributed by atoms with E-state index in [4.69, 9.17) is 16.3 Å². The minimum absolute atomic E-state index is 0.0149. The van der Waals surface area contributed by atoms with E-state index in [2.05, 4.69) is 0 Å². The molecule has 0 saturated heterocycles. The minimum atomic E-state index is -0.584. The topological polar surface area (TPSA) is 73.6 Å². The molecule has 0 spiro atoms. The van der Waals surface area contributed by atoms with Gasteiger partial charge in [-0.15, -0.1) is 0 Å². The maximum Gasteiger partial charge on any atom is 0.161 e. The summed E-state index contributed by atoms with van der Waals surface area (Å²) in [7, 11) is 1.61. The molecule has 0 fully saturated rings. The van der Waals surface area contributed by atoms with Gasteiger partial charge >= 0.3 is 0 Å². The van der Waals surface area contributed by atoms with Gasteiger partial charge in [-0.3, -0.25) is 15.1 Å². The molecule has 3 aromatic carbocycles. The maximum absolute atomic E-state index is 13.6. The molecule has 0 aromatic heterocycles. The predicted octanol–water partition coefficient (Wildman–Crippen LogP) is 7.52. The highest BCUT2D eigenvalue weighted by Gasteiger charge is 2.43. The zero-order chi connectivity index (χ0) is 26.3. The SMILES string of the molecule is COc1ccc([C@@H]2C3=C(CCCC3=O)N(c3ccc(C)c(Cl)c3)C(=N)/C2=C(/O)c2ccc(C)cc2)cc1. The van der Waals surface area contributed by atoms with Gasteiger partial charge in [-0.25, -0.2) is 0 Å². The van der Waals surface area contributed by atoms with Gasteiger partial charge in [0.1, 0.15) is 17.3 Å². The second-order valence-corrected chi connectivity index (χ2v) is 10.00. The van der Waals surface area contributed by atoms with Crippen LogP contribution in [0.25, 0.3) is 5.76 Å². The molecule has 1 aliphatic carbocycles.